The largest absolute Gasteiger partial charge is 0.374 e. The highest BCUT2D eigenvalue weighted by molar-refractivity contribution is 7.92. The van der Waals surface area contributed by atoms with Crippen LogP contribution in [0.3, 0.4) is 0 Å². The van der Waals surface area contributed by atoms with Gasteiger partial charge in [-0.25, -0.2) is 13.4 Å². The Morgan fingerprint density at radius 2 is 1.71 bits per heavy atom. The lowest BCUT2D eigenvalue weighted by Gasteiger charge is -2.23. The van der Waals surface area contributed by atoms with Crippen LogP contribution in [0.25, 0.3) is 22.2 Å². The first-order chi connectivity index (χ1) is 21.8. The zero-order valence-electron chi connectivity index (χ0n) is 25.5. The first kappa shape index (κ1) is 29.4. The van der Waals surface area contributed by atoms with Crippen molar-refractivity contribution in [2.45, 2.75) is 68.7 Å². The minimum Gasteiger partial charge on any atom is -0.374 e. The van der Waals surface area contributed by atoms with Crippen molar-refractivity contribution in [1.29, 1.82) is 0 Å². The van der Waals surface area contributed by atoms with Crippen molar-refractivity contribution in [3.8, 4) is 11.1 Å². The standard InChI is InChI=1S/C36H36N4O4S/c1-23-7-3-4-8-26(23)22-40-34-27(20-32(35(40)41)31-17-16-30(19-24(31)2)45(42,43)29-14-15-29)21-37-36(39-34)38-28-12-10-25(11-13-28)33-9-5-6-18-44-33/h3-4,7-8,10-13,16-17,19-21,29,33H,5-6,9,14-15,18,22H2,1-2H3,(H,37,38,39). The second kappa shape index (κ2) is 11.9. The number of ether oxygens (including phenoxy) is 1. The van der Waals surface area contributed by atoms with E-state index in [9.17, 15) is 13.2 Å². The molecule has 1 saturated heterocycles. The van der Waals surface area contributed by atoms with Gasteiger partial charge < -0.3 is 10.1 Å². The zero-order valence-corrected chi connectivity index (χ0v) is 26.3. The van der Waals surface area contributed by atoms with E-state index in [2.05, 4.69) is 22.4 Å². The average molecular weight is 621 g/mol. The molecule has 7 rings (SSSR count). The molecule has 1 aliphatic carbocycles. The van der Waals surface area contributed by atoms with E-state index in [0.29, 0.717) is 52.4 Å². The van der Waals surface area contributed by atoms with Crippen LogP contribution >= 0.6 is 0 Å². The van der Waals surface area contributed by atoms with Crippen LogP contribution in [0.5, 0.6) is 0 Å². The molecule has 45 heavy (non-hydrogen) atoms. The molecule has 230 valence electrons. The summed E-state index contributed by atoms with van der Waals surface area (Å²) < 4.78 is 33.4. The number of hydrogen-bond donors (Lipinski definition) is 1. The number of aromatic nitrogens is 3. The number of anilines is 2. The lowest BCUT2D eigenvalue weighted by atomic mass is 10.0. The van der Waals surface area contributed by atoms with Crippen molar-refractivity contribution in [3.05, 3.63) is 112 Å². The number of sulfone groups is 1. The normalized spacial score (nSPS) is 17.0. The average Bonchev–Trinajstić information content (AvgIpc) is 3.91. The van der Waals surface area contributed by atoms with E-state index < -0.39 is 9.84 Å². The van der Waals surface area contributed by atoms with E-state index in [0.717, 1.165) is 47.4 Å². The van der Waals surface area contributed by atoms with Crippen LogP contribution in [0.2, 0.25) is 0 Å². The van der Waals surface area contributed by atoms with E-state index in [1.807, 2.05) is 56.3 Å². The molecule has 2 aromatic heterocycles. The second-order valence-electron chi connectivity index (χ2n) is 12.2. The van der Waals surface area contributed by atoms with E-state index in [1.54, 1.807) is 29.0 Å². The lowest BCUT2D eigenvalue weighted by molar-refractivity contribution is 0.0150. The van der Waals surface area contributed by atoms with Crippen LogP contribution in [0, 0.1) is 13.8 Å². The van der Waals surface area contributed by atoms with Gasteiger partial charge in [-0.2, -0.15) is 4.98 Å². The Labute approximate surface area is 263 Å². The summed E-state index contributed by atoms with van der Waals surface area (Å²) in [5.41, 5.74) is 6.31. The summed E-state index contributed by atoms with van der Waals surface area (Å²) in [7, 11) is -3.34. The van der Waals surface area contributed by atoms with Crippen molar-refractivity contribution in [2.75, 3.05) is 11.9 Å². The first-order valence-electron chi connectivity index (χ1n) is 15.6. The molecule has 1 aliphatic heterocycles. The SMILES string of the molecule is Cc1ccccc1Cn1c(=O)c(-c2ccc(S(=O)(=O)C3CC3)cc2C)cc2cnc(Nc3ccc(C4CCCCO4)cc3)nc21. The van der Waals surface area contributed by atoms with E-state index in [4.69, 9.17) is 9.72 Å². The Morgan fingerprint density at radius 1 is 0.911 bits per heavy atom. The van der Waals surface area contributed by atoms with Gasteiger partial charge in [0.25, 0.3) is 5.56 Å². The van der Waals surface area contributed by atoms with Crippen molar-refractivity contribution in [3.63, 3.8) is 0 Å². The summed E-state index contributed by atoms with van der Waals surface area (Å²) >= 11 is 0. The van der Waals surface area contributed by atoms with Gasteiger partial charge in [0.15, 0.2) is 9.84 Å². The minimum atomic E-state index is -3.34. The molecular weight excluding hydrogens is 584 g/mol. The highest BCUT2D eigenvalue weighted by Crippen LogP contribution is 2.35. The number of hydrogen-bond acceptors (Lipinski definition) is 7. The summed E-state index contributed by atoms with van der Waals surface area (Å²) in [6.45, 7) is 5.01. The second-order valence-corrected chi connectivity index (χ2v) is 14.4. The van der Waals surface area contributed by atoms with Crippen molar-refractivity contribution < 1.29 is 13.2 Å². The molecule has 1 atom stereocenters. The fourth-order valence-electron chi connectivity index (χ4n) is 6.12. The minimum absolute atomic E-state index is 0.136. The van der Waals surface area contributed by atoms with Crippen LogP contribution in [0.1, 0.15) is 60.5 Å². The number of rotatable bonds is 8. The van der Waals surface area contributed by atoms with Crippen LogP contribution in [-0.2, 0) is 21.1 Å². The number of fused-ring (bicyclic) bond motifs is 1. The molecule has 2 aliphatic rings. The fraction of sp³-hybridized carbons (Fsp3) is 0.306. The van der Waals surface area contributed by atoms with Crippen LogP contribution in [0.4, 0.5) is 11.6 Å². The molecule has 1 unspecified atom stereocenters. The smallest absolute Gasteiger partial charge is 0.260 e. The summed E-state index contributed by atoms with van der Waals surface area (Å²) in [4.78, 5) is 24.0. The third-order valence-electron chi connectivity index (χ3n) is 8.91. The Morgan fingerprint density at radius 3 is 2.42 bits per heavy atom. The third kappa shape index (κ3) is 5.90. The zero-order chi connectivity index (χ0) is 31.1. The molecular formula is C36H36N4O4S. The molecule has 2 fully saturated rings. The van der Waals surface area contributed by atoms with Crippen molar-refractivity contribution >= 4 is 32.5 Å². The third-order valence-corrected chi connectivity index (χ3v) is 11.2. The Hall–Kier alpha value is -4.34. The summed E-state index contributed by atoms with van der Waals surface area (Å²) in [6.07, 6.45) is 6.59. The van der Waals surface area contributed by atoms with E-state index >= 15 is 0 Å². The molecule has 9 heteroatoms. The molecule has 0 radical (unpaired) electrons. The molecule has 5 aromatic rings. The Kier molecular flexibility index (Phi) is 7.75. The Balaban J connectivity index is 1.28. The van der Waals surface area contributed by atoms with Crippen LogP contribution in [0.15, 0.2) is 88.7 Å². The Bertz CT molecular complexity index is 2060. The monoisotopic (exact) mass is 620 g/mol. The van der Waals surface area contributed by atoms with Gasteiger partial charge in [-0.1, -0.05) is 42.5 Å². The number of aryl methyl sites for hydroxylation is 2. The highest BCUT2D eigenvalue weighted by atomic mass is 32.2. The molecule has 3 heterocycles. The predicted molar refractivity (Wildman–Crippen MR) is 177 cm³/mol. The van der Waals surface area contributed by atoms with Crippen molar-refractivity contribution in [2.24, 2.45) is 0 Å². The maximum atomic E-state index is 14.3. The summed E-state index contributed by atoms with van der Waals surface area (Å²) in [6, 6.07) is 23.0. The topological polar surface area (TPSA) is 103 Å². The van der Waals surface area contributed by atoms with Gasteiger partial charge in [0.05, 0.1) is 22.8 Å². The van der Waals surface area contributed by atoms with E-state index in [1.165, 1.54) is 6.42 Å². The molecule has 8 nitrogen and oxygen atoms in total. The van der Waals surface area contributed by atoms with E-state index in [-0.39, 0.29) is 16.9 Å². The van der Waals surface area contributed by atoms with Gasteiger partial charge in [0.1, 0.15) is 5.65 Å². The maximum absolute atomic E-state index is 14.3. The first-order valence-corrected chi connectivity index (χ1v) is 17.1. The summed E-state index contributed by atoms with van der Waals surface area (Å²) in [5, 5.41) is 3.72. The number of benzene rings is 3. The lowest BCUT2D eigenvalue weighted by Crippen LogP contribution is -2.24. The molecule has 0 amide bonds. The quantitative estimate of drug-likeness (QED) is 0.198. The fourth-order valence-corrected chi connectivity index (χ4v) is 7.86. The molecule has 1 saturated carbocycles. The highest BCUT2D eigenvalue weighted by Gasteiger charge is 2.37. The number of nitrogens with zero attached hydrogens (tertiary/aromatic N) is 3. The molecule has 3 aromatic carbocycles. The summed E-state index contributed by atoms with van der Waals surface area (Å²) in [5.74, 6) is 0.390. The van der Waals surface area contributed by atoms with Gasteiger partial charge >= 0.3 is 0 Å². The molecule has 0 bridgehead atoms. The van der Waals surface area contributed by atoms with Gasteiger partial charge in [-0.15, -0.1) is 0 Å². The predicted octanol–water partition coefficient (Wildman–Crippen LogP) is 7.04. The van der Waals surface area contributed by atoms with Gasteiger partial charge in [-0.3, -0.25) is 9.36 Å². The van der Waals surface area contributed by atoms with Crippen LogP contribution in [-0.4, -0.2) is 34.8 Å². The number of nitrogens with one attached hydrogen (secondary N) is 1. The van der Waals surface area contributed by atoms with Gasteiger partial charge in [-0.05, 0) is 104 Å². The van der Waals surface area contributed by atoms with Gasteiger partial charge in [0, 0.05) is 29.4 Å². The van der Waals surface area contributed by atoms with Gasteiger partial charge in [0.2, 0.25) is 5.95 Å². The number of pyridine rings is 1. The molecule has 1 N–H and O–H groups in total. The van der Waals surface area contributed by atoms with Crippen LogP contribution < -0.4 is 10.9 Å². The molecule has 0 spiro atoms. The maximum Gasteiger partial charge on any atom is 0.260 e. The van der Waals surface area contributed by atoms with Crippen molar-refractivity contribution in [1.82, 2.24) is 14.5 Å².